The SMILES string of the molecule is CCCOc1c2cc(NC(=O)C3=C=CC=C3)cc1Cc1cc(NC(=O)c3ccc4c(c3)OCCOCCOCCOCCOCCO4)cc(c1OCCC)Cc1cc(NC(=O)c3ccc4c(c3)OCCOCCOCCOCCOCCO4)cc(c1OCCC)Cc1cc(NC(=O)C3=C=CC=C3)cc(c1OCCC)C2. The molecular formula is C86H100N4O20. The van der Waals surface area contributed by atoms with Crippen molar-refractivity contribution < 1.29 is 95.0 Å². The summed E-state index contributed by atoms with van der Waals surface area (Å²) in [5.41, 5.74) is 14.5. The van der Waals surface area contributed by atoms with E-state index in [4.69, 9.17) is 75.8 Å². The zero-order chi connectivity index (χ0) is 76.5. The maximum atomic E-state index is 15.2. The Morgan fingerprint density at radius 2 is 0.545 bits per heavy atom. The van der Waals surface area contributed by atoms with E-state index in [-0.39, 0.29) is 101 Å². The number of hydrogen-bond donors (Lipinski definition) is 4. The van der Waals surface area contributed by atoms with Gasteiger partial charge in [0.25, 0.3) is 23.6 Å². The van der Waals surface area contributed by atoms with Gasteiger partial charge >= 0.3 is 0 Å². The zero-order valence-electron chi connectivity index (χ0n) is 63.3. The number of carbonyl (C=O) groups is 4. The Morgan fingerprint density at radius 1 is 0.309 bits per heavy atom. The van der Waals surface area contributed by atoms with Gasteiger partial charge in [0.05, 0.1) is 143 Å². The molecule has 110 heavy (non-hydrogen) atoms. The fourth-order valence-electron chi connectivity index (χ4n) is 12.6. The first-order valence-electron chi connectivity index (χ1n) is 38.1. The lowest BCUT2D eigenvalue weighted by atomic mass is 9.90. The molecule has 0 saturated heterocycles. The molecule has 4 N–H and O–H groups in total. The van der Waals surface area contributed by atoms with E-state index in [0.29, 0.717) is 256 Å². The van der Waals surface area contributed by atoms with Crippen LogP contribution in [0, 0.1) is 0 Å². The van der Waals surface area contributed by atoms with Crippen LogP contribution in [0.2, 0.25) is 0 Å². The van der Waals surface area contributed by atoms with E-state index in [1.165, 1.54) is 0 Å². The van der Waals surface area contributed by atoms with Crippen molar-refractivity contribution in [1.82, 2.24) is 0 Å². The van der Waals surface area contributed by atoms with Crippen molar-refractivity contribution in [1.29, 1.82) is 0 Å². The van der Waals surface area contributed by atoms with Gasteiger partial charge in [-0.15, -0.1) is 11.5 Å². The van der Waals surface area contributed by atoms with Gasteiger partial charge in [-0.1, -0.05) is 39.8 Å². The Hall–Kier alpha value is -10.2. The largest absolute Gasteiger partial charge is 0.493 e. The molecule has 0 unspecified atom stereocenters. The molecule has 11 rings (SSSR count). The van der Waals surface area contributed by atoms with E-state index in [9.17, 15) is 9.59 Å². The second kappa shape index (κ2) is 43.3. The molecular weight excluding hydrogens is 1410 g/mol. The number of benzene rings is 6. The number of rotatable bonds is 20. The highest BCUT2D eigenvalue weighted by molar-refractivity contribution is 6.08. The topological polar surface area (TPSA) is 264 Å². The maximum Gasteiger partial charge on any atom is 0.263 e. The molecule has 3 aliphatic carbocycles. The quantitative estimate of drug-likeness (QED) is 0.0517. The molecule has 6 aromatic rings. The Kier molecular flexibility index (Phi) is 31.8. The fourth-order valence-corrected chi connectivity index (χ4v) is 12.6. The predicted octanol–water partition coefficient (Wildman–Crippen LogP) is 12.9. The third kappa shape index (κ3) is 23.9. The van der Waals surface area contributed by atoms with E-state index in [2.05, 4.69) is 32.7 Å². The third-order valence-electron chi connectivity index (χ3n) is 17.6. The van der Waals surface area contributed by atoms with Gasteiger partial charge in [0.1, 0.15) is 49.4 Å². The molecule has 0 spiro atoms. The third-order valence-corrected chi connectivity index (χ3v) is 17.6. The Morgan fingerprint density at radius 3 is 0.782 bits per heavy atom. The molecule has 0 radical (unpaired) electrons. The molecule has 2 aliphatic heterocycles. The number of allylic oxidation sites excluding steroid dienone is 2. The summed E-state index contributed by atoms with van der Waals surface area (Å²) in [5, 5.41) is 12.9. The lowest BCUT2D eigenvalue weighted by Gasteiger charge is -2.25. The summed E-state index contributed by atoms with van der Waals surface area (Å²) < 4.78 is 98.8. The van der Waals surface area contributed by atoms with Crippen LogP contribution in [0.1, 0.15) is 119 Å². The number of carbonyl (C=O) groups excluding carboxylic acids is 4. The molecule has 0 aromatic heterocycles. The summed E-state index contributed by atoms with van der Waals surface area (Å²) in [4.78, 5) is 58.9. The molecule has 584 valence electrons. The average molecular weight is 1510 g/mol. The molecule has 24 nitrogen and oxygen atoms in total. The number of amides is 4. The van der Waals surface area contributed by atoms with Gasteiger partial charge in [-0.3, -0.25) is 19.2 Å². The van der Waals surface area contributed by atoms with Crippen LogP contribution in [-0.4, -0.2) is 182 Å². The minimum atomic E-state index is -0.459. The molecule has 8 bridgehead atoms. The summed E-state index contributed by atoms with van der Waals surface area (Å²) in [6.07, 6.45) is 13.4. The standard InChI is InChI=1S/C86H100N4O20/c1-5-21-107-79-63-45-64-50-72(88-84(92)60-15-11-12-16-60)52-66(80(64)108-22-6-2)47-68-54-74(90-86(94)62-18-20-76-78(58-62)106-44-40-102-36-32-98-28-26-96-30-34-100-38-42-104-76)56-70(82(68)110-24-8-4)48-69-55-73(53-67(81(69)109-23-7-3)46-65(79)51-71(49-63)87-83(91)59-13-9-10-14-59)89-85(93)61-17-19-75-77(57-61)105-43-39-101-35-31-97-27-25-95-29-33-99-37-41-103-75/h9-13,15,17-20,49-58H,5-8,21-48H2,1-4H3,(H,87,91)(H,88,92)(H,89,93)(H,90,94). The Bertz CT molecular complexity index is 4070. The fraction of sp³-hybridized carbons (Fsp3) is 0.419. The predicted molar refractivity (Wildman–Crippen MR) is 416 cm³/mol. The van der Waals surface area contributed by atoms with E-state index >= 15 is 9.59 Å². The number of nitrogens with one attached hydrogen (secondary N) is 4. The molecule has 24 heteroatoms. The molecule has 0 atom stereocenters. The smallest absolute Gasteiger partial charge is 0.263 e. The van der Waals surface area contributed by atoms with E-state index in [1.807, 2.05) is 76.2 Å². The highest BCUT2D eigenvalue weighted by atomic mass is 16.6. The molecule has 0 fully saturated rings. The van der Waals surface area contributed by atoms with Crippen LogP contribution in [-0.2, 0) is 73.2 Å². The summed E-state index contributed by atoms with van der Waals surface area (Å²) >= 11 is 0. The Balaban J connectivity index is 1.07. The van der Waals surface area contributed by atoms with Crippen LogP contribution in [0.3, 0.4) is 0 Å². The molecule has 0 saturated carbocycles. The lowest BCUT2D eigenvalue weighted by Crippen LogP contribution is -2.17. The highest BCUT2D eigenvalue weighted by Gasteiger charge is 2.28. The minimum Gasteiger partial charge on any atom is -0.493 e. The molecule has 2 heterocycles. The number of anilines is 4. The lowest BCUT2D eigenvalue weighted by molar-refractivity contribution is -0.113. The number of ether oxygens (including phenoxy) is 16. The number of hydrogen-bond acceptors (Lipinski definition) is 20. The summed E-state index contributed by atoms with van der Waals surface area (Å²) in [6.45, 7) is 15.9. The normalized spacial score (nSPS) is 16.1. The number of fused-ring (bicyclic) bond motifs is 10. The van der Waals surface area contributed by atoms with Crippen LogP contribution in [0.15, 0.2) is 144 Å². The van der Waals surface area contributed by atoms with Crippen molar-refractivity contribution in [2.24, 2.45) is 0 Å². The van der Waals surface area contributed by atoms with Crippen molar-refractivity contribution in [3.63, 3.8) is 0 Å². The summed E-state index contributed by atoms with van der Waals surface area (Å²) in [7, 11) is 0. The first kappa shape index (κ1) is 80.8. The van der Waals surface area contributed by atoms with E-state index in [0.717, 1.165) is 0 Å². The maximum absolute atomic E-state index is 15.2. The van der Waals surface area contributed by atoms with Crippen molar-refractivity contribution in [3.8, 4) is 46.0 Å². The molecule has 6 aromatic carbocycles. The van der Waals surface area contributed by atoms with E-state index in [1.54, 1.807) is 72.9 Å². The van der Waals surface area contributed by atoms with Gasteiger partial charge in [-0.2, -0.15) is 0 Å². The van der Waals surface area contributed by atoms with Gasteiger partial charge in [0.15, 0.2) is 23.0 Å². The van der Waals surface area contributed by atoms with Gasteiger partial charge in [-0.05, 0) is 135 Å². The minimum absolute atomic E-state index is 0.114. The monoisotopic (exact) mass is 1510 g/mol. The average Bonchev–Trinajstić information content (AvgIpc) is 0.821. The van der Waals surface area contributed by atoms with Crippen LogP contribution in [0.5, 0.6) is 46.0 Å². The first-order valence-corrected chi connectivity index (χ1v) is 38.1. The van der Waals surface area contributed by atoms with Crippen LogP contribution in [0.25, 0.3) is 0 Å². The Labute approximate surface area is 642 Å². The molecule has 4 amide bonds. The van der Waals surface area contributed by atoms with Crippen LogP contribution in [0.4, 0.5) is 22.7 Å². The van der Waals surface area contributed by atoms with Gasteiger partial charge in [0.2, 0.25) is 0 Å². The zero-order valence-corrected chi connectivity index (χ0v) is 63.3. The van der Waals surface area contributed by atoms with Crippen molar-refractivity contribution in [2.45, 2.75) is 79.1 Å². The first-order chi connectivity index (χ1) is 54.0. The van der Waals surface area contributed by atoms with Crippen LogP contribution < -0.4 is 59.2 Å². The summed E-state index contributed by atoms with van der Waals surface area (Å²) in [6, 6.07) is 25.3. The van der Waals surface area contributed by atoms with Gasteiger partial charge < -0.3 is 97.1 Å². The van der Waals surface area contributed by atoms with Crippen molar-refractivity contribution in [3.05, 3.63) is 200 Å². The molecule has 5 aliphatic rings. The van der Waals surface area contributed by atoms with Crippen LogP contribution >= 0.6 is 0 Å². The second-order valence-corrected chi connectivity index (χ2v) is 26.2. The van der Waals surface area contributed by atoms with Crippen molar-refractivity contribution >= 4 is 46.4 Å². The highest BCUT2D eigenvalue weighted by Crippen LogP contribution is 2.44. The van der Waals surface area contributed by atoms with Crippen molar-refractivity contribution in [2.75, 3.05) is 180 Å². The second-order valence-electron chi connectivity index (χ2n) is 26.2. The van der Waals surface area contributed by atoms with E-state index < -0.39 is 11.8 Å². The van der Waals surface area contributed by atoms with Gasteiger partial charge in [0, 0.05) is 104 Å². The summed E-state index contributed by atoms with van der Waals surface area (Å²) in [5.74, 6) is 1.98. The van der Waals surface area contributed by atoms with Gasteiger partial charge in [-0.25, -0.2) is 0 Å².